The predicted molar refractivity (Wildman–Crippen MR) is 138 cm³/mol. The van der Waals surface area contributed by atoms with Gasteiger partial charge in [-0.2, -0.15) is 0 Å². The second-order valence-corrected chi connectivity index (χ2v) is 7.72. The Bertz CT molecular complexity index is 949. The second kappa shape index (κ2) is 27.1. The van der Waals surface area contributed by atoms with Crippen LogP contribution in [0.3, 0.4) is 0 Å². The number of nitrogens with zero attached hydrogens (tertiary/aromatic N) is 6. The van der Waals surface area contributed by atoms with Crippen LogP contribution >= 0.6 is 0 Å². The van der Waals surface area contributed by atoms with Crippen LogP contribution in [0, 0.1) is 11.5 Å². The van der Waals surface area contributed by atoms with Crippen molar-refractivity contribution in [2.45, 2.75) is 13.8 Å². The predicted octanol–water partition coefficient (Wildman–Crippen LogP) is 0.976. The Morgan fingerprint density at radius 2 is 1.08 bits per heavy atom. The molecule has 0 fully saturated rings. The average Bonchev–Trinajstić information content (AvgIpc) is 2.80. The van der Waals surface area contributed by atoms with E-state index in [0.29, 0.717) is 23.5 Å². The van der Waals surface area contributed by atoms with Gasteiger partial charge in [0.1, 0.15) is 0 Å². The van der Waals surface area contributed by atoms with E-state index >= 15 is 0 Å². The molecule has 38 heavy (non-hydrogen) atoms. The van der Waals surface area contributed by atoms with Crippen LogP contribution in [0.5, 0.6) is 11.5 Å². The Kier molecular flexibility index (Phi) is 30.0. The van der Waals surface area contributed by atoms with Crippen molar-refractivity contribution in [1.82, 2.24) is 9.80 Å². The molecule has 0 saturated heterocycles. The minimum atomic E-state index is 0. The van der Waals surface area contributed by atoms with Gasteiger partial charge in [0.2, 0.25) is 0 Å². The van der Waals surface area contributed by atoms with Crippen molar-refractivity contribution in [2.24, 2.45) is 9.98 Å². The number of nitriles is 1. The Labute approximate surface area is 247 Å². The number of isocyanates is 1. The first-order valence-electron chi connectivity index (χ1n) is 10.9. The fourth-order valence-corrected chi connectivity index (χ4v) is 2.54. The van der Waals surface area contributed by atoms with Crippen LogP contribution in [0.25, 0.3) is 5.41 Å². The van der Waals surface area contributed by atoms with Crippen molar-refractivity contribution in [3.05, 3.63) is 65.1 Å². The molecule has 0 aliphatic carbocycles. The minimum Gasteiger partial charge on any atom is -0.872 e. The zero-order chi connectivity index (χ0) is 27.9. The van der Waals surface area contributed by atoms with Gasteiger partial charge in [0.25, 0.3) is 0 Å². The zero-order valence-electron chi connectivity index (χ0n) is 22.4. The second-order valence-electron chi connectivity index (χ2n) is 7.72. The van der Waals surface area contributed by atoms with Gasteiger partial charge in [-0.05, 0) is 59.2 Å². The molecule has 0 atom stereocenters. The summed E-state index contributed by atoms with van der Waals surface area (Å²) in [6.07, 6.45) is 1.00. The number of aliphatic imine (C=N–C) groups is 2. The summed E-state index contributed by atoms with van der Waals surface area (Å²) in [5.41, 5.74) is 3.05. The molecule has 0 amide bonds. The number of para-hydroxylation sites is 2. The van der Waals surface area contributed by atoms with Crippen molar-refractivity contribution in [3.8, 4) is 17.8 Å². The monoisotopic (exact) mass is 620 g/mol. The summed E-state index contributed by atoms with van der Waals surface area (Å²) >= 11 is 0. The molecule has 0 heterocycles. The first-order valence-corrected chi connectivity index (χ1v) is 10.9. The molecule has 0 bridgehead atoms. The Morgan fingerprint density at radius 3 is 1.32 bits per heavy atom. The maximum Gasteiger partial charge on any atom is 2.00 e. The quantitative estimate of drug-likeness (QED) is 0.184. The van der Waals surface area contributed by atoms with Crippen LogP contribution in [-0.2, 0) is 38.9 Å². The van der Waals surface area contributed by atoms with Gasteiger partial charge >= 0.3 is 34.1 Å². The Balaban J connectivity index is -0.000000241. The largest absolute Gasteiger partial charge is 2.00 e. The van der Waals surface area contributed by atoms with E-state index in [1.54, 1.807) is 24.3 Å². The first-order chi connectivity index (χ1) is 17.0. The number of benzene rings is 2. The Hall–Kier alpha value is -2.99. The average molecular weight is 622 g/mol. The van der Waals surface area contributed by atoms with E-state index in [4.69, 9.17) is 20.6 Å². The van der Waals surface area contributed by atoms with Gasteiger partial charge in [-0.25, -0.2) is 5.26 Å². The van der Waals surface area contributed by atoms with Crippen LogP contribution in [0.15, 0.2) is 58.5 Å². The molecule has 0 unspecified atom stereocenters. The molecular weight excluding hydrogens is 587 g/mol. The van der Waals surface area contributed by atoms with Crippen molar-refractivity contribution >= 4 is 17.5 Å². The van der Waals surface area contributed by atoms with Gasteiger partial charge in [-0.3, -0.25) is 14.8 Å². The fraction of sp³-hybridized carbons (Fsp3) is 0.385. The van der Waals surface area contributed by atoms with E-state index in [1.807, 2.05) is 66.3 Å². The molecule has 214 valence electrons. The number of hydrogen-bond acceptors (Lipinski definition) is 9. The number of likely N-dealkylation sites (N-methyl/N-ethyl adjacent to an activating group) is 2. The molecule has 0 N–H and O–H groups in total. The molecular formula is C26H34Cu2N6O4. The Morgan fingerprint density at radius 1 is 0.816 bits per heavy atom. The van der Waals surface area contributed by atoms with Crippen molar-refractivity contribution in [1.29, 1.82) is 5.26 Å². The molecule has 0 aromatic heterocycles. The van der Waals surface area contributed by atoms with Gasteiger partial charge in [-0.1, -0.05) is 60.0 Å². The molecule has 0 aliphatic rings. The van der Waals surface area contributed by atoms with Crippen molar-refractivity contribution in [3.63, 3.8) is 0 Å². The standard InChI is InChI=1S/2C12H18N2O.CHNO.CNO.2Cu/c2*1-10(13-8-9-14(2)3)11-6-4-5-7-12(11)15;2*2-1-3;;/h2*4-7,15H,8-9H2,1-3H3;3H;;;/q;;;-1;2*+2/p-3. The molecule has 0 spiro atoms. The smallest absolute Gasteiger partial charge is 0.872 e. The maximum atomic E-state index is 11.5. The van der Waals surface area contributed by atoms with E-state index in [-0.39, 0.29) is 45.6 Å². The van der Waals surface area contributed by atoms with E-state index in [1.165, 1.54) is 0 Å². The molecule has 2 aromatic rings. The maximum absolute atomic E-state index is 11.5. The van der Waals surface area contributed by atoms with Gasteiger partial charge in [-0.15, -0.1) is 0 Å². The van der Waals surface area contributed by atoms with Crippen LogP contribution in [0.4, 0.5) is 0 Å². The summed E-state index contributed by atoms with van der Waals surface area (Å²) in [5.74, 6) is 0.0900. The summed E-state index contributed by atoms with van der Waals surface area (Å²) in [6, 6.07) is 14.0. The van der Waals surface area contributed by atoms with Crippen LogP contribution in [-0.4, -0.2) is 81.7 Å². The van der Waals surface area contributed by atoms with Gasteiger partial charge in [0.15, 0.2) is 0 Å². The van der Waals surface area contributed by atoms with E-state index < -0.39 is 0 Å². The topological polar surface area (TPSA) is 164 Å². The first kappa shape index (κ1) is 42.1. The zero-order valence-corrected chi connectivity index (χ0v) is 24.2. The van der Waals surface area contributed by atoms with Gasteiger partial charge in [0, 0.05) is 30.8 Å². The van der Waals surface area contributed by atoms with E-state index in [9.17, 15) is 10.2 Å². The third kappa shape index (κ3) is 22.2. The molecule has 0 saturated carbocycles. The third-order valence-corrected chi connectivity index (χ3v) is 4.35. The van der Waals surface area contributed by atoms with Crippen molar-refractivity contribution in [2.75, 3.05) is 54.4 Å². The number of rotatable bonds is 8. The molecule has 2 aromatic carbocycles. The summed E-state index contributed by atoms with van der Waals surface area (Å²) in [7, 11) is 8.03. The normalized spacial score (nSPS) is 9.97. The minimum absolute atomic E-state index is 0. The van der Waals surface area contributed by atoms with E-state index in [2.05, 4.69) is 19.8 Å². The summed E-state index contributed by atoms with van der Waals surface area (Å²) < 4.78 is 0. The number of hydrogen-bond donors (Lipinski definition) is 0. The van der Waals surface area contributed by atoms with Gasteiger partial charge < -0.3 is 30.5 Å². The molecule has 2 radical (unpaired) electrons. The van der Waals surface area contributed by atoms with Crippen LogP contribution in [0.1, 0.15) is 25.0 Å². The summed E-state index contributed by atoms with van der Waals surface area (Å²) in [6.45, 7) is 7.02. The van der Waals surface area contributed by atoms with Crippen molar-refractivity contribution < 1.29 is 54.3 Å². The van der Waals surface area contributed by atoms with Crippen LogP contribution in [0.2, 0.25) is 0 Å². The number of carbonyl (C=O) groups excluding carboxylic acids is 1. The molecule has 10 nitrogen and oxygen atoms in total. The van der Waals surface area contributed by atoms with Crippen LogP contribution < -0.4 is 15.3 Å². The molecule has 0 aliphatic heterocycles. The summed E-state index contributed by atoms with van der Waals surface area (Å²) in [5, 5.41) is 44.7. The fourth-order valence-electron chi connectivity index (χ4n) is 2.54. The van der Waals surface area contributed by atoms with E-state index in [0.717, 1.165) is 37.6 Å². The SMILES string of the molecule is CC(=NCCN(C)C)c1ccccc1[O-].CC(=NCCN(C)C)c1ccccc1[O-].N#C[O-].[Cu+2].[Cu+2].[N-]=C=O. The van der Waals surface area contributed by atoms with Gasteiger partial charge in [0.05, 0.1) is 13.1 Å². The summed E-state index contributed by atoms with van der Waals surface area (Å²) in [4.78, 5) is 21.1. The molecule has 12 heteroatoms. The molecule has 2 rings (SSSR count). The third-order valence-electron chi connectivity index (χ3n) is 4.35.